The predicted molar refractivity (Wildman–Crippen MR) is 389 cm³/mol. The second kappa shape index (κ2) is 76.8. The Balaban J connectivity index is 3.47. The van der Waals surface area contributed by atoms with Crippen LogP contribution in [0.4, 0.5) is 0 Å². The summed E-state index contributed by atoms with van der Waals surface area (Å²) in [7, 11) is 0. The minimum atomic E-state index is -0.781. The molecule has 0 aliphatic rings. The van der Waals surface area contributed by atoms with Crippen LogP contribution in [0.1, 0.15) is 335 Å². The Bertz CT molecular complexity index is 1860. The predicted octanol–water partition coefficient (Wildman–Crippen LogP) is 26.2. The summed E-state index contributed by atoms with van der Waals surface area (Å²) >= 11 is 0. The third-order valence-electron chi connectivity index (χ3n) is 15.8. The van der Waals surface area contributed by atoms with E-state index in [2.05, 4.69) is 172 Å². The fraction of sp³-hybridized carbons (Fsp3) is 0.663. The van der Waals surface area contributed by atoms with Crippen LogP contribution < -0.4 is 0 Å². The van der Waals surface area contributed by atoms with E-state index >= 15 is 0 Å². The molecule has 0 saturated heterocycles. The molecule has 0 aliphatic heterocycles. The molecule has 0 rings (SSSR count). The van der Waals surface area contributed by atoms with Crippen LogP contribution in [-0.4, -0.2) is 36.4 Å². The highest BCUT2D eigenvalue weighted by atomic mass is 16.6. The Morgan fingerprint density at radius 1 is 0.261 bits per heavy atom. The first-order valence-corrected chi connectivity index (χ1v) is 37.0. The van der Waals surface area contributed by atoms with Crippen LogP contribution in [0.5, 0.6) is 0 Å². The summed E-state index contributed by atoms with van der Waals surface area (Å²) in [6.45, 7) is 3.93. The van der Waals surface area contributed by atoms with E-state index in [4.69, 9.17) is 9.47 Å². The average Bonchev–Trinajstić information content (AvgIpc) is 3.56. The maximum absolute atomic E-state index is 12.4. The molecule has 0 aliphatic carbocycles. The van der Waals surface area contributed by atoms with Gasteiger partial charge in [-0.15, -0.1) is 0 Å². The van der Waals surface area contributed by atoms with Crippen LogP contribution in [0.15, 0.2) is 158 Å². The topological polar surface area (TPSA) is 72.8 Å². The first-order chi connectivity index (χ1) is 43.6. The number of aliphatic hydroxyl groups is 1. The van der Waals surface area contributed by atoms with Gasteiger partial charge >= 0.3 is 11.9 Å². The molecule has 0 fully saturated rings. The largest absolute Gasteiger partial charge is 0.462 e. The standard InChI is InChI=1S/C83H138O5/c1-3-5-7-9-11-13-15-17-19-21-23-25-27-29-31-33-35-37-38-39-40-41-42-43-44-46-48-50-52-54-56-58-60-62-64-66-68-70-72-74-76-78-83(86)88-81(79-84)80-87-82(85)77-75-73-71-69-67-65-63-61-59-57-55-53-51-49-47-45-36-34-32-30-28-26-24-22-20-18-16-14-12-10-8-6-4-2/h5-8,11-14,17-20,23-26,29-32,35-37,39-40,45,81,84H,3-4,9-10,15-16,21-22,27-28,33-34,38,41-44,46-80H2,1-2H3/b7-5-,8-6-,13-11-,14-12-,19-17-,20-18-,25-23-,26-24-,31-29-,32-30-,37-35-,40-39-,45-36-. The van der Waals surface area contributed by atoms with E-state index in [1.54, 1.807) is 0 Å². The Labute approximate surface area is 545 Å². The molecular formula is C83H138O5. The number of carbonyl (C=O) groups excluding carboxylic acids is 2. The van der Waals surface area contributed by atoms with E-state index in [1.165, 1.54) is 186 Å². The molecule has 0 saturated carbocycles. The molecule has 500 valence electrons. The van der Waals surface area contributed by atoms with Crippen molar-refractivity contribution in [2.75, 3.05) is 13.2 Å². The van der Waals surface area contributed by atoms with Crippen LogP contribution in [0.25, 0.3) is 0 Å². The van der Waals surface area contributed by atoms with Gasteiger partial charge < -0.3 is 14.6 Å². The van der Waals surface area contributed by atoms with E-state index < -0.39 is 6.10 Å². The lowest BCUT2D eigenvalue weighted by Crippen LogP contribution is -2.28. The highest BCUT2D eigenvalue weighted by Crippen LogP contribution is 2.18. The lowest BCUT2D eigenvalue weighted by molar-refractivity contribution is -0.161. The zero-order chi connectivity index (χ0) is 63.3. The number of carbonyl (C=O) groups is 2. The van der Waals surface area contributed by atoms with Gasteiger partial charge in [-0.05, 0) is 122 Å². The maximum atomic E-state index is 12.4. The molecule has 0 aromatic carbocycles. The van der Waals surface area contributed by atoms with E-state index in [9.17, 15) is 14.7 Å². The second-order valence-electron chi connectivity index (χ2n) is 24.3. The fourth-order valence-electron chi connectivity index (χ4n) is 10.4. The molecule has 1 N–H and O–H groups in total. The van der Waals surface area contributed by atoms with Gasteiger partial charge in [0, 0.05) is 12.8 Å². The Morgan fingerprint density at radius 3 is 0.682 bits per heavy atom. The summed E-state index contributed by atoms with van der Waals surface area (Å²) in [5, 5.41) is 9.72. The van der Waals surface area contributed by atoms with Gasteiger partial charge in [0.2, 0.25) is 0 Å². The van der Waals surface area contributed by atoms with Crippen molar-refractivity contribution in [2.24, 2.45) is 0 Å². The van der Waals surface area contributed by atoms with Gasteiger partial charge in [-0.3, -0.25) is 9.59 Å². The van der Waals surface area contributed by atoms with Gasteiger partial charge in [0.1, 0.15) is 6.61 Å². The first-order valence-electron chi connectivity index (χ1n) is 37.0. The summed E-state index contributed by atoms with van der Waals surface area (Å²) in [6.07, 6.45) is 117. The second-order valence-corrected chi connectivity index (χ2v) is 24.3. The van der Waals surface area contributed by atoms with Crippen LogP contribution in [0.3, 0.4) is 0 Å². The van der Waals surface area contributed by atoms with Gasteiger partial charge in [0.25, 0.3) is 0 Å². The van der Waals surface area contributed by atoms with Crippen molar-refractivity contribution in [3.8, 4) is 0 Å². The molecular weight excluding hydrogens is 1080 g/mol. The number of hydrogen-bond acceptors (Lipinski definition) is 5. The van der Waals surface area contributed by atoms with Crippen molar-refractivity contribution in [3.05, 3.63) is 158 Å². The fourth-order valence-corrected chi connectivity index (χ4v) is 10.4. The van der Waals surface area contributed by atoms with Crippen LogP contribution in [0.2, 0.25) is 0 Å². The zero-order valence-corrected chi connectivity index (χ0v) is 57.4. The summed E-state index contributed by atoms with van der Waals surface area (Å²) in [4.78, 5) is 24.7. The molecule has 0 aromatic rings. The smallest absolute Gasteiger partial charge is 0.306 e. The Hall–Kier alpha value is -4.48. The van der Waals surface area contributed by atoms with Crippen molar-refractivity contribution in [1.29, 1.82) is 0 Å². The lowest BCUT2D eigenvalue weighted by atomic mass is 10.0. The van der Waals surface area contributed by atoms with Crippen molar-refractivity contribution < 1.29 is 24.2 Å². The molecule has 0 heterocycles. The summed E-state index contributed by atoms with van der Waals surface area (Å²) in [5.41, 5.74) is 0. The normalized spacial score (nSPS) is 13.2. The van der Waals surface area contributed by atoms with E-state index in [0.29, 0.717) is 12.8 Å². The number of ether oxygens (including phenoxy) is 2. The number of allylic oxidation sites excluding steroid dienone is 26. The van der Waals surface area contributed by atoms with Crippen LogP contribution >= 0.6 is 0 Å². The van der Waals surface area contributed by atoms with Gasteiger partial charge in [0.05, 0.1) is 6.61 Å². The minimum Gasteiger partial charge on any atom is -0.462 e. The van der Waals surface area contributed by atoms with E-state index in [-0.39, 0.29) is 25.2 Å². The minimum absolute atomic E-state index is 0.0697. The highest BCUT2D eigenvalue weighted by Gasteiger charge is 2.16. The van der Waals surface area contributed by atoms with E-state index in [0.717, 1.165) is 122 Å². The molecule has 1 unspecified atom stereocenters. The van der Waals surface area contributed by atoms with Gasteiger partial charge in [-0.1, -0.05) is 358 Å². The Kier molecular flexibility index (Phi) is 72.9. The summed E-state index contributed by atoms with van der Waals surface area (Å²) < 4.78 is 10.8. The molecule has 88 heavy (non-hydrogen) atoms. The van der Waals surface area contributed by atoms with Crippen LogP contribution in [0, 0.1) is 0 Å². The molecule has 0 amide bonds. The molecule has 0 spiro atoms. The molecule has 0 bridgehead atoms. The van der Waals surface area contributed by atoms with E-state index in [1.807, 2.05) is 0 Å². The molecule has 0 radical (unpaired) electrons. The van der Waals surface area contributed by atoms with Crippen LogP contribution in [-0.2, 0) is 19.1 Å². The average molecular weight is 1220 g/mol. The van der Waals surface area contributed by atoms with Gasteiger partial charge in [-0.25, -0.2) is 0 Å². The molecule has 1 atom stereocenters. The zero-order valence-electron chi connectivity index (χ0n) is 57.4. The lowest BCUT2D eigenvalue weighted by Gasteiger charge is -2.15. The monoisotopic (exact) mass is 1220 g/mol. The van der Waals surface area contributed by atoms with Crippen molar-refractivity contribution in [2.45, 2.75) is 341 Å². The number of rotatable bonds is 67. The number of aliphatic hydroxyl groups excluding tert-OH is 1. The van der Waals surface area contributed by atoms with Gasteiger partial charge in [-0.2, -0.15) is 0 Å². The SMILES string of the molecule is CC/C=C\C/C=C\C/C=C\C/C=C\C/C=C\C/C=C\C/C=C\CCCCCCCCCCCCCCCCCCCCCC(=O)OC(CO)COC(=O)CCCCCCCCCCCCCCCC/C=C\C/C=C\C/C=C\C/C=C\C/C=C\C/C=C\CC. The third-order valence-corrected chi connectivity index (χ3v) is 15.8. The van der Waals surface area contributed by atoms with Crippen molar-refractivity contribution in [3.63, 3.8) is 0 Å². The number of esters is 2. The van der Waals surface area contributed by atoms with Crippen molar-refractivity contribution >= 4 is 11.9 Å². The first kappa shape index (κ1) is 83.5. The third kappa shape index (κ3) is 74.0. The Morgan fingerprint density at radius 2 is 0.455 bits per heavy atom. The number of unbranched alkanes of at least 4 members (excludes halogenated alkanes) is 33. The highest BCUT2D eigenvalue weighted by molar-refractivity contribution is 5.70. The quantitative estimate of drug-likeness (QED) is 0.0373. The maximum Gasteiger partial charge on any atom is 0.306 e. The summed E-state index contributed by atoms with van der Waals surface area (Å²) in [6, 6.07) is 0. The van der Waals surface area contributed by atoms with Crippen molar-refractivity contribution in [1.82, 2.24) is 0 Å². The molecule has 5 nitrogen and oxygen atoms in total. The summed E-state index contributed by atoms with van der Waals surface area (Å²) in [5.74, 6) is -0.584. The van der Waals surface area contributed by atoms with Gasteiger partial charge in [0.15, 0.2) is 6.10 Å². The molecule has 5 heteroatoms. The number of hydrogen-bond donors (Lipinski definition) is 1. The molecule has 0 aromatic heterocycles.